The molecular weight excluding hydrogens is 243 g/mol. The summed E-state index contributed by atoms with van der Waals surface area (Å²) in [7, 11) is 0. The highest BCUT2D eigenvalue weighted by molar-refractivity contribution is 4.77. The van der Waals surface area contributed by atoms with E-state index < -0.39 is 12.8 Å². The van der Waals surface area contributed by atoms with Crippen LogP contribution in [-0.4, -0.2) is 32.5 Å². The molecule has 1 atom stereocenters. The van der Waals surface area contributed by atoms with Gasteiger partial charge in [-0.1, -0.05) is 32.6 Å². The summed E-state index contributed by atoms with van der Waals surface area (Å²) in [6.07, 6.45) is 1.48. The van der Waals surface area contributed by atoms with Crippen molar-refractivity contribution in [1.82, 2.24) is 5.32 Å². The van der Waals surface area contributed by atoms with Crippen LogP contribution in [-0.2, 0) is 4.74 Å². The largest absolute Gasteiger partial charge is 0.411 e. The zero-order valence-electron chi connectivity index (χ0n) is 11.1. The minimum absolute atomic E-state index is 0.214. The molecule has 108 valence electrons. The summed E-state index contributed by atoms with van der Waals surface area (Å²) in [5.74, 6) is 1.12. The molecule has 5 heteroatoms. The molecule has 0 aromatic heterocycles. The molecule has 1 saturated carbocycles. The molecule has 0 heterocycles. The molecule has 2 nitrogen and oxygen atoms in total. The van der Waals surface area contributed by atoms with Gasteiger partial charge in [0.1, 0.15) is 6.61 Å². The van der Waals surface area contributed by atoms with E-state index in [0.717, 1.165) is 19.5 Å². The van der Waals surface area contributed by atoms with Crippen LogP contribution in [0, 0.1) is 11.8 Å². The lowest BCUT2D eigenvalue weighted by Gasteiger charge is -2.23. The Balaban J connectivity index is 2.23. The number of alkyl halides is 3. The van der Waals surface area contributed by atoms with E-state index in [2.05, 4.69) is 5.32 Å². The fraction of sp³-hybridized carbons (Fsp3) is 1.00. The molecule has 1 rings (SSSR count). The third-order valence-corrected chi connectivity index (χ3v) is 3.62. The van der Waals surface area contributed by atoms with Crippen molar-refractivity contribution >= 4 is 0 Å². The van der Waals surface area contributed by atoms with Crippen molar-refractivity contribution in [2.45, 2.75) is 45.2 Å². The second-order valence-corrected chi connectivity index (χ2v) is 5.07. The molecule has 18 heavy (non-hydrogen) atoms. The molecule has 0 radical (unpaired) electrons. The zero-order valence-corrected chi connectivity index (χ0v) is 11.1. The molecule has 1 aliphatic carbocycles. The van der Waals surface area contributed by atoms with Crippen LogP contribution in [0.2, 0.25) is 0 Å². The highest BCUT2D eigenvalue weighted by atomic mass is 19.4. The molecule has 1 N–H and O–H groups in total. The summed E-state index contributed by atoms with van der Waals surface area (Å²) >= 11 is 0. The Morgan fingerprint density at radius 1 is 1.28 bits per heavy atom. The van der Waals surface area contributed by atoms with Crippen LogP contribution in [0.15, 0.2) is 0 Å². The van der Waals surface area contributed by atoms with Crippen LogP contribution in [0.4, 0.5) is 13.2 Å². The summed E-state index contributed by atoms with van der Waals surface area (Å²) in [4.78, 5) is 0. The van der Waals surface area contributed by atoms with Gasteiger partial charge in [0.15, 0.2) is 0 Å². The molecule has 0 saturated heterocycles. The van der Waals surface area contributed by atoms with Crippen molar-refractivity contribution in [3.05, 3.63) is 0 Å². The average Bonchev–Trinajstić information content (AvgIpc) is 2.80. The van der Waals surface area contributed by atoms with Crippen LogP contribution in [0.25, 0.3) is 0 Å². The van der Waals surface area contributed by atoms with Gasteiger partial charge >= 0.3 is 6.18 Å². The van der Waals surface area contributed by atoms with Gasteiger partial charge in [-0.05, 0) is 31.3 Å². The first-order valence-electron chi connectivity index (χ1n) is 6.88. The number of ether oxygens (including phenoxy) is 1. The smallest absolute Gasteiger partial charge is 0.372 e. The second-order valence-electron chi connectivity index (χ2n) is 5.07. The van der Waals surface area contributed by atoms with Gasteiger partial charge in [0.05, 0.1) is 0 Å². The first-order chi connectivity index (χ1) is 8.53. The fourth-order valence-corrected chi connectivity index (χ4v) is 2.69. The molecule has 0 amide bonds. The van der Waals surface area contributed by atoms with Crippen molar-refractivity contribution < 1.29 is 17.9 Å². The Bertz CT molecular complexity index is 215. The number of nitrogens with one attached hydrogen (secondary N) is 1. The van der Waals surface area contributed by atoms with Crippen LogP contribution in [0.1, 0.15) is 39.0 Å². The van der Waals surface area contributed by atoms with Crippen LogP contribution in [0.5, 0.6) is 0 Å². The highest BCUT2D eigenvalue weighted by Gasteiger charge is 2.28. The Morgan fingerprint density at radius 3 is 2.50 bits per heavy atom. The lowest BCUT2D eigenvalue weighted by atomic mass is 9.88. The van der Waals surface area contributed by atoms with Gasteiger partial charge in [-0.15, -0.1) is 0 Å². The van der Waals surface area contributed by atoms with E-state index in [1.165, 1.54) is 25.7 Å². The normalized spacial score (nSPS) is 19.3. The minimum Gasteiger partial charge on any atom is -0.372 e. The Labute approximate surface area is 107 Å². The monoisotopic (exact) mass is 267 g/mol. The van der Waals surface area contributed by atoms with Crippen molar-refractivity contribution in [1.29, 1.82) is 0 Å². The van der Waals surface area contributed by atoms with Gasteiger partial charge in [-0.3, -0.25) is 0 Å². The summed E-state index contributed by atoms with van der Waals surface area (Å²) in [5, 5.41) is 3.30. The maximum atomic E-state index is 11.9. The Kier molecular flexibility index (Phi) is 7.00. The van der Waals surface area contributed by atoms with Gasteiger partial charge < -0.3 is 10.1 Å². The molecule has 1 unspecified atom stereocenters. The number of rotatable bonds is 8. The minimum atomic E-state index is -4.20. The van der Waals surface area contributed by atoms with E-state index in [9.17, 15) is 13.2 Å². The van der Waals surface area contributed by atoms with Crippen LogP contribution >= 0.6 is 0 Å². The molecule has 0 bridgehead atoms. The van der Waals surface area contributed by atoms with E-state index in [-0.39, 0.29) is 6.61 Å². The lowest BCUT2D eigenvalue weighted by Crippen LogP contribution is -2.29. The number of hydrogen-bond acceptors (Lipinski definition) is 2. The van der Waals surface area contributed by atoms with Crippen molar-refractivity contribution in [3.63, 3.8) is 0 Å². The Hall–Kier alpha value is -0.290. The average molecular weight is 267 g/mol. The number of hydrogen-bond donors (Lipinski definition) is 1. The molecule has 0 spiro atoms. The van der Waals surface area contributed by atoms with E-state index in [0.29, 0.717) is 11.8 Å². The van der Waals surface area contributed by atoms with E-state index in [1.807, 2.05) is 6.92 Å². The quantitative estimate of drug-likeness (QED) is 0.681. The molecular formula is C13H24F3NO. The van der Waals surface area contributed by atoms with Crippen LogP contribution in [0.3, 0.4) is 0 Å². The van der Waals surface area contributed by atoms with Crippen molar-refractivity contribution in [3.8, 4) is 0 Å². The summed E-state index contributed by atoms with van der Waals surface area (Å²) in [5.41, 5.74) is 0. The highest BCUT2D eigenvalue weighted by Crippen LogP contribution is 2.32. The van der Waals surface area contributed by atoms with Crippen molar-refractivity contribution in [2.75, 3.05) is 26.3 Å². The van der Waals surface area contributed by atoms with E-state index in [1.54, 1.807) is 0 Å². The topological polar surface area (TPSA) is 21.3 Å². The second kappa shape index (κ2) is 8.00. The number of halogens is 3. The van der Waals surface area contributed by atoms with Gasteiger partial charge in [0.2, 0.25) is 0 Å². The summed E-state index contributed by atoms with van der Waals surface area (Å²) in [6.45, 7) is 2.95. The van der Waals surface area contributed by atoms with Gasteiger partial charge in [-0.25, -0.2) is 0 Å². The maximum absolute atomic E-state index is 11.9. The molecule has 0 aromatic rings. The van der Waals surface area contributed by atoms with Crippen LogP contribution < -0.4 is 5.32 Å². The van der Waals surface area contributed by atoms with Gasteiger partial charge in [-0.2, -0.15) is 13.2 Å². The fourth-order valence-electron chi connectivity index (χ4n) is 2.69. The van der Waals surface area contributed by atoms with E-state index in [4.69, 9.17) is 4.74 Å². The predicted octanol–water partition coefficient (Wildman–Crippen LogP) is 3.37. The molecule has 0 aliphatic heterocycles. The summed E-state index contributed by atoms with van der Waals surface area (Å²) < 4.78 is 40.6. The van der Waals surface area contributed by atoms with Gasteiger partial charge in [0, 0.05) is 6.61 Å². The van der Waals surface area contributed by atoms with Crippen molar-refractivity contribution in [2.24, 2.45) is 11.8 Å². The third kappa shape index (κ3) is 6.59. The third-order valence-electron chi connectivity index (χ3n) is 3.62. The molecule has 1 fully saturated rings. The Morgan fingerprint density at radius 2 is 1.94 bits per heavy atom. The van der Waals surface area contributed by atoms with E-state index >= 15 is 0 Å². The SMILES string of the molecule is CCNCC(CCOCC(F)(F)F)C1CCCC1. The summed E-state index contributed by atoms with van der Waals surface area (Å²) in [6, 6.07) is 0. The van der Waals surface area contributed by atoms with Gasteiger partial charge in [0.25, 0.3) is 0 Å². The molecule has 1 aliphatic rings. The maximum Gasteiger partial charge on any atom is 0.411 e. The molecule has 0 aromatic carbocycles. The standard InChI is InChI=1S/C13H24F3NO/c1-2-17-9-12(11-5-3-4-6-11)7-8-18-10-13(14,15)16/h11-12,17H,2-10H2,1H3. The predicted molar refractivity (Wildman–Crippen MR) is 65.5 cm³/mol. The zero-order chi connectivity index (χ0) is 13.4. The first-order valence-corrected chi connectivity index (χ1v) is 6.88. The lowest BCUT2D eigenvalue weighted by molar-refractivity contribution is -0.174. The first kappa shape index (κ1) is 15.8.